The van der Waals surface area contributed by atoms with Crippen LogP contribution in [0.1, 0.15) is 36.8 Å². The molecule has 0 bridgehead atoms. The van der Waals surface area contributed by atoms with Gasteiger partial charge < -0.3 is 4.74 Å². The van der Waals surface area contributed by atoms with E-state index in [-0.39, 0.29) is 0 Å². The van der Waals surface area contributed by atoms with Crippen LogP contribution in [-0.2, 0) is 4.74 Å². The SMILES string of the molecule is Cc1cc(C(=O)OCN2C(=O)c3ccccc3C2=O)c2ccccc2n1. The van der Waals surface area contributed by atoms with Crippen molar-refractivity contribution in [2.75, 3.05) is 6.73 Å². The Labute approximate surface area is 149 Å². The average molecular weight is 346 g/mol. The molecule has 0 saturated heterocycles. The minimum absolute atomic E-state index is 0.318. The summed E-state index contributed by atoms with van der Waals surface area (Å²) in [6, 6.07) is 15.4. The van der Waals surface area contributed by atoms with Crippen molar-refractivity contribution < 1.29 is 19.1 Å². The maximum Gasteiger partial charge on any atom is 0.340 e. The van der Waals surface area contributed by atoms with Gasteiger partial charge in [-0.25, -0.2) is 9.69 Å². The molecule has 2 heterocycles. The minimum Gasteiger partial charge on any atom is -0.440 e. The normalized spacial score (nSPS) is 13.2. The molecule has 128 valence electrons. The first-order valence-electron chi connectivity index (χ1n) is 8.05. The molecule has 0 aliphatic carbocycles. The van der Waals surface area contributed by atoms with Crippen LogP contribution in [0, 0.1) is 6.92 Å². The number of benzene rings is 2. The molecule has 6 heteroatoms. The van der Waals surface area contributed by atoms with Gasteiger partial charge in [-0.1, -0.05) is 30.3 Å². The number of rotatable bonds is 3. The number of amides is 2. The van der Waals surface area contributed by atoms with Crippen LogP contribution in [0.25, 0.3) is 10.9 Å². The van der Waals surface area contributed by atoms with Gasteiger partial charge in [0.25, 0.3) is 11.8 Å². The molecule has 0 spiro atoms. The van der Waals surface area contributed by atoms with Crippen LogP contribution in [-0.4, -0.2) is 34.4 Å². The molecular weight excluding hydrogens is 332 g/mol. The Bertz CT molecular complexity index is 1040. The third-order valence-electron chi connectivity index (χ3n) is 4.27. The van der Waals surface area contributed by atoms with Crippen LogP contribution < -0.4 is 0 Å². The van der Waals surface area contributed by atoms with E-state index in [4.69, 9.17) is 4.74 Å². The van der Waals surface area contributed by atoms with Crippen molar-refractivity contribution in [2.24, 2.45) is 0 Å². The molecule has 26 heavy (non-hydrogen) atoms. The molecule has 0 fully saturated rings. The van der Waals surface area contributed by atoms with Crippen molar-refractivity contribution in [3.63, 3.8) is 0 Å². The molecule has 1 aliphatic rings. The van der Waals surface area contributed by atoms with Crippen LogP contribution in [0.3, 0.4) is 0 Å². The van der Waals surface area contributed by atoms with Gasteiger partial charge in [0.05, 0.1) is 22.2 Å². The number of esters is 1. The number of hydrogen-bond donors (Lipinski definition) is 0. The zero-order chi connectivity index (χ0) is 18.3. The van der Waals surface area contributed by atoms with Crippen molar-refractivity contribution in [2.45, 2.75) is 6.92 Å². The van der Waals surface area contributed by atoms with E-state index in [9.17, 15) is 14.4 Å². The number of hydrogen-bond acceptors (Lipinski definition) is 5. The maximum absolute atomic E-state index is 12.6. The zero-order valence-corrected chi connectivity index (χ0v) is 13.9. The molecule has 1 aromatic heterocycles. The summed E-state index contributed by atoms with van der Waals surface area (Å²) in [5.41, 5.74) is 2.35. The standard InChI is InChI=1S/C20H14N2O4/c1-12-10-16(13-6-4-5-9-17(13)21-12)20(25)26-11-22-18(23)14-7-2-3-8-15(14)19(22)24/h2-10H,11H2,1H3. The smallest absolute Gasteiger partial charge is 0.340 e. The fraction of sp³-hybridized carbons (Fsp3) is 0.100. The van der Waals surface area contributed by atoms with Crippen LogP contribution in [0.2, 0.25) is 0 Å². The first kappa shape index (κ1) is 16.0. The highest BCUT2D eigenvalue weighted by atomic mass is 16.5. The topological polar surface area (TPSA) is 76.6 Å². The summed E-state index contributed by atoms with van der Waals surface area (Å²) in [6.45, 7) is 1.36. The predicted octanol–water partition coefficient (Wildman–Crippen LogP) is 2.95. The van der Waals surface area contributed by atoms with Gasteiger partial charge in [0.1, 0.15) is 0 Å². The predicted molar refractivity (Wildman–Crippen MR) is 93.7 cm³/mol. The molecule has 2 amide bonds. The molecule has 1 aliphatic heterocycles. The summed E-state index contributed by atoms with van der Waals surface area (Å²) in [5, 5.41) is 0.658. The number of ether oxygens (including phenoxy) is 1. The second kappa shape index (κ2) is 6.07. The summed E-state index contributed by atoms with van der Waals surface area (Å²) in [6.07, 6.45) is 0. The summed E-state index contributed by atoms with van der Waals surface area (Å²) < 4.78 is 5.26. The quantitative estimate of drug-likeness (QED) is 0.538. The third kappa shape index (κ3) is 2.52. The molecule has 3 aromatic rings. The molecule has 4 rings (SSSR count). The van der Waals surface area contributed by atoms with E-state index in [2.05, 4.69) is 4.98 Å². The van der Waals surface area contributed by atoms with E-state index < -0.39 is 24.5 Å². The van der Waals surface area contributed by atoms with Crippen LogP contribution in [0.15, 0.2) is 54.6 Å². The molecule has 0 saturated carbocycles. The Hall–Kier alpha value is -3.54. The van der Waals surface area contributed by atoms with Crippen LogP contribution >= 0.6 is 0 Å². The third-order valence-corrected chi connectivity index (χ3v) is 4.27. The Morgan fingerprint density at radius 3 is 2.31 bits per heavy atom. The summed E-state index contributed by atoms with van der Waals surface area (Å²) >= 11 is 0. The first-order valence-corrected chi connectivity index (χ1v) is 8.05. The van der Waals surface area contributed by atoms with E-state index in [0.29, 0.717) is 33.3 Å². The summed E-state index contributed by atoms with van der Waals surface area (Å²) in [4.78, 5) is 42.5. The van der Waals surface area contributed by atoms with Gasteiger partial charge in [0.15, 0.2) is 6.73 Å². The highest BCUT2D eigenvalue weighted by Gasteiger charge is 2.35. The number of fused-ring (bicyclic) bond motifs is 2. The Kier molecular flexibility index (Phi) is 3.73. The number of nitrogens with zero attached hydrogens (tertiary/aromatic N) is 2. The molecule has 6 nitrogen and oxygen atoms in total. The minimum atomic E-state index is -0.608. The van der Waals surface area contributed by atoms with Gasteiger partial charge >= 0.3 is 5.97 Å². The van der Waals surface area contributed by atoms with Gasteiger partial charge in [-0.05, 0) is 31.2 Å². The van der Waals surface area contributed by atoms with Gasteiger partial charge in [0.2, 0.25) is 0 Å². The van der Waals surface area contributed by atoms with Crippen LogP contribution in [0.4, 0.5) is 0 Å². The fourth-order valence-electron chi connectivity index (χ4n) is 3.03. The zero-order valence-electron chi connectivity index (χ0n) is 13.9. The Balaban J connectivity index is 1.58. The van der Waals surface area contributed by atoms with Gasteiger partial charge in [-0.2, -0.15) is 0 Å². The number of pyridine rings is 1. The van der Waals surface area contributed by atoms with Gasteiger partial charge in [-0.3, -0.25) is 14.6 Å². The largest absolute Gasteiger partial charge is 0.440 e. The van der Waals surface area contributed by atoms with Crippen molar-refractivity contribution in [1.29, 1.82) is 0 Å². The molecule has 0 atom stereocenters. The monoisotopic (exact) mass is 346 g/mol. The lowest BCUT2D eigenvalue weighted by molar-refractivity contribution is 0.0229. The fourth-order valence-corrected chi connectivity index (χ4v) is 3.03. The molecule has 2 aromatic carbocycles. The maximum atomic E-state index is 12.6. The van der Waals surface area contributed by atoms with E-state index in [1.165, 1.54) is 0 Å². The first-order chi connectivity index (χ1) is 12.6. The molecule has 0 N–H and O–H groups in total. The van der Waals surface area contributed by atoms with Gasteiger partial charge in [-0.15, -0.1) is 0 Å². The van der Waals surface area contributed by atoms with Gasteiger partial charge in [0, 0.05) is 11.1 Å². The van der Waals surface area contributed by atoms with Crippen molar-refractivity contribution in [1.82, 2.24) is 9.88 Å². The number of carbonyl (C=O) groups is 3. The lowest BCUT2D eigenvalue weighted by atomic mass is 10.1. The van der Waals surface area contributed by atoms with Crippen molar-refractivity contribution in [3.05, 3.63) is 77.0 Å². The highest BCUT2D eigenvalue weighted by Crippen LogP contribution is 2.23. The average Bonchev–Trinajstić information content (AvgIpc) is 2.90. The number of aryl methyl sites for hydroxylation is 1. The van der Waals surface area contributed by atoms with E-state index in [1.807, 2.05) is 12.1 Å². The lowest BCUT2D eigenvalue weighted by Gasteiger charge is -2.14. The van der Waals surface area contributed by atoms with Crippen molar-refractivity contribution in [3.8, 4) is 0 Å². The highest BCUT2D eigenvalue weighted by molar-refractivity contribution is 6.21. The number of aromatic nitrogens is 1. The Morgan fingerprint density at radius 1 is 1.00 bits per heavy atom. The number of carbonyl (C=O) groups excluding carboxylic acids is 3. The molecule has 0 radical (unpaired) electrons. The molecular formula is C20H14N2O4. The number of imide groups is 1. The Morgan fingerprint density at radius 2 is 1.62 bits per heavy atom. The lowest BCUT2D eigenvalue weighted by Crippen LogP contribution is -2.33. The number of para-hydroxylation sites is 1. The second-order valence-electron chi connectivity index (χ2n) is 5.97. The summed E-state index contributed by atoms with van der Waals surface area (Å²) in [5.74, 6) is -1.54. The van der Waals surface area contributed by atoms with E-state index in [0.717, 1.165) is 4.90 Å². The van der Waals surface area contributed by atoms with Crippen LogP contribution in [0.5, 0.6) is 0 Å². The van der Waals surface area contributed by atoms with E-state index in [1.54, 1.807) is 49.4 Å². The second-order valence-corrected chi connectivity index (χ2v) is 5.97. The summed E-state index contributed by atoms with van der Waals surface area (Å²) in [7, 11) is 0. The molecule has 0 unspecified atom stereocenters. The van der Waals surface area contributed by atoms with E-state index >= 15 is 0 Å². The van der Waals surface area contributed by atoms with Crippen molar-refractivity contribution >= 4 is 28.7 Å².